The summed E-state index contributed by atoms with van der Waals surface area (Å²) in [6, 6.07) is 0.618. The molecule has 0 bridgehead atoms. The maximum Gasteiger partial charge on any atom is 0.110 e. The summed E-state index contributed by atoms with van der Waals surface area (Å²) in [5.41, 5.74) is 0. The van der Waals surface area contributed by atoms with Crippen LogP contribution in [-0.4, -0.2) is 22.1 Å². The average molecular weight is 263 g/mol. The Bertz CT molecular complexity index is 353. The van der Waals surface area contributed by atoms with Gasteiger partial charge in [-0.1, -0.05) is 26.2 Å². The number of rotatable bonds is 7. The Morgan fingerprint density at radius 2 is 2.11 bits per heavy atom. The van der Waals surface area contributed by atoms with E-state index in [4.69, 9.17) is 0 Å². The number of hydrogen-bond donors (Lipinski definition) is 1. The second-order valence-corrected chi connectivity index (χ2v) is 5.79. The molecule has 19 heavy (non-hydrogen) atoms. The minimum atomic E-state index is 0.618. The van der Waals surface area contributed by atoms with Crippen molar-refractivity contribution in [1.82, 2.24) is 14.9 Å². The molecule has 0 aliphatic heterocycles. The molecule has 1 aromatic rings. The molecule has 1 saturated carbocycles. The molecule has 1 atom stereocenters. The first-order chi connectivity index (χ1) is 9.35. The molecule has 0 radical (unpaired) electrons. The van der Waals surface area contributed by atoms with Crippen LogP contribution in [0, 0.1) is 5.92 Å². The summed E-state index contributed by atoms with van der Waals surface area (Å²) in [7, 11) is 0. The van der Waals surface area contributed by atoms with Crippen LogP contribution in [0.4, 0.5) is 0 Å². The molecule has 1 aliphatic rings. The van der Waals surface area contributed by atoms with Crippen molar-refractivity contribution in [1.29, 1.82) is 0 Å². The quantitative estimate of drug-likeness (QED) is 0.817. The minimum absolute atomic E-state index is 0.618. The van der Waals surface area contributed by atoms with Crippen molar-refractivity contribution < 1.29 is 0 Å². The molecule has 0 amide bonds. The van der Waals surface area contributed by atoms with Gasteiger partial charge < -0.3 is 9.88 Å². The normalized spacial score (nSPS) is 18.6. The van der Waals surface area contributed by atoms with Gasteiger partial charge in [0.15, 0.2) is 0 Å². The van der Waals surface area contributed by atoms with E-state index >= 15 is 0 Å². The fourth-order valence-electron chi connectivity index (χ4n) is 3.29. The van der Waals surface area contributed by atoms with Crippen LogP contribution in [-0.2, 0) is 13.0 Å². The highest BCUT2D eigenvalue weighted by Crippen LogP contribution is 2.27. The van der Waals surface area contributed by atoms with Gasteiger partial charge >= 0.3 is 0 Å². The Morgan fingerprint density at radius 3 is 2.79 bits per heavy atom. The van der Waals surface area contributed by atoms with Crippen LogP contribution in [0.15, 0.2) is 12.4 Å². The smallest absolute Gasteiger partial charge is 0.110 e. The highest BCUT2D eigenvalue weighted by Gasteiger charge is 2.24. The lowest BCUT2D eigenvalue weighted by molar-refractivity contribution is 0.263. The van der Waals surface area contributed by atoms with Crippen molar-refractivity contribution in [3.63, 3.8) is 0 Å². The van der Waals surface area contributed by atoms with Crippen molar-refractivity contribution >= 4 is 0 Å². The van der Waals surface area contributed by atoms with Gasteiger partial charge in [0.1, 0.15) is 5.82 Å². The zero-order valence-electron chi connectivity index (χ0n) is 12.6. The number of aryl methyl sites for hydroxylation is 1. The summed E-state index contributed by atoms with van der Waals surface area (Å²) >= 11 is 0. The second-order valence-electron chi connectivity index (χ2n) is 5.79. The lowest BCUT2D eigenvalue weighted by Gasteiger charge is -2.31. The van der Waals surface area contributed by atoms with E-state index in [0.717, 1.165) is 25.4 Å². The van der Waals surface area contributed by atoms with Crippen molar-refractivity contribution in [2.45, 2.75) is 71.4 Å². The zero-order valence-corrected chi connectivity index (χ0v) is 12.6. The molecule has 1 aromatic heterocycles. The fraction of sp³-hybridized carbons (Fsp3) is 0.812. The number of nitrogens with zero attached hydrogens (tertiary/aromatic N) is 2. The first-order valence-corrected chi connectivity index (χ1v) is 8.08. The van der Waals surface area contributed by atoms with Gasteiger partial charge in [-0.25, -0.2) is 4.98 Å². The molecule has 1 heterocycles. The van der Waals surface area contributed by atoms with E-state index in [2.05, 4.69) is 34.9 Å². The van der Waals surface area contributed by atoms with Gasteiger partial charge in [-0.05, 0) is 38.6 Å². The topological polar surface area (TPSA) is 29.9 Å². The minimum Gasteiger partial charge on any atom is -0.335 e. The van der Waals surface area contributed by atoms with Crippen molar-refractivity contribution in [2.24, 2.45) is 5.92 Å². The van der Waals surface area contributed by atoms with E-state index in [1.807, 2.05) is 6.20 Å². The fourth-order valence-corrected chi connectivity index (χ4v) is 3.29. The van der Waals surface area contributed by atoms with Crippen LogP contribution >= 0.6 is 0 Å². The molecule has 2 rings (SSSR count). The number of nitrogens with one attached hydrogen (secondary N) is 1. The zero-order chi connectivity index (χ0) is 13.5. The van der Waals surface area contributed by atoms with Gasteiger partial charge in [0, 0.05) is 31.4 Å². The third kappa shape index (κ3) is 4.07. The predicted octanol–water partition coefficient (Wildman–Crippen LogP) is 3.39. The molecular formula is C16H29N3. The Morgan fingerprint density at radius 1 is 1.32 bits per heavy atom. The van der Waals surface area contributed by atoms with Gasteiger partial charge in [-0.2, -0.15) is 0 Å². The van der Waals surface area contributed by atoms with Crippen LogP contribution in [0.25, 0.3) is 0 Å². The summed E-state index contributed by atoms with van der Waals surface area (Å²) < 4.78 is 2.28. The van der Waals surface area contributed by atoms with E-state index < -0.39 is 0 Å². The van der Waals surface area contributed by atoms with E-state index in [1.54, 1.807) is 0 Å². The van der Waals surface area contributed by atoms with Gasteiger partial charge in [-0.15, -0.1) is 0 Å². The first-order valence-electron chi connectivity index (χ1n) is 8.08. The van der Waals surface area contributed by atoms with Crippen molar-refractivity contribution in [2.75, 3.05) is 6.54 Å². The van der Waals surface area contributed by atoms with Crippen LogP contribution in [0.1, 0.15) is 58.2 Å². The van der Waals surface area contributed by atoms with Crippen molar-refractivity contribution in [3.8, 4) is 0 Å². The van der Waals surface area contributed by atoms with Gasteiger partial charge in [0.25, 0.3) is 0 Å². The van der Waals surface area contributed by atoms with Crippen LogP contribution in [0.2, 0.25) is 0 Å². The third-order valence-electron chi connectivity index (χ3n) is 4.42. The Hall–Kier alpha value is -0.830. The molecule has 1 unspecified atom stereocenters. The summed E-state index contributed by atoms with van der Waals surface area (Å²) in [5, 5.41) is 3.78. The molecule has 1 N–H and O–H groups in total. The van der Waals surface area contributed by atoms with E-state index in [0.29, 0.717) is 6.04 Å². The van der Waals surface area contributed by atoms with Crippen molar-refractivity contribution in [3.05, 3.63) is 18.2 Å². The second kappa shape index (κ2) is 7.68. The largest absolute Gasteiger partial charge is 0.335 e. The van der Waals surface area contributed by atoms with E-state index in [1.165, 1.54) is 44.3 Å². The predicted molar refractivity (Wildman–Crippen MR) is 80.3 cm³/mol. The summed E-state index contributed by atoms with van der Waals surface area (Å²) in [5.74, 6) is 2.10. The van der Waals surface area contributed by atoms with E-state index in [-0.39, 0.29) is 0 Å². The van der Waals surface area contributed by atoms with Crippen LogP contribution in [0.5, 0.6) is 0 Å². The van der Waals surface area contributed by atoms with E-state index in [9.17, 15) is 0 Å². The number of imidazole rings is 1. The van der Waals surface area contributed by atoms with Gasteiger partial charge in [-0.3, -0.25) is 0 Å². The molecule has 0 aromatic carbocycles. The maximum absolute atomic E-state index is 4.55. The lowest BCUT2D eigenvalue weighted by atomic mass is 9.82. The van der Waals surface area contributed by atoms with Gasteiger partial charge in [0.2, 0.25) is 0 Å². The monoisotopic (exact) mass is 263 g/mol. The third-order valence-corrected chi connectivity index (χ3v) is 4.42. The highest BCUT2D eigenvalue weighted by molar-refractivity contribution is 4.97. The Labute approximate surface area is 117 Å². The molecule has 3 heteroatoms. The molecule has 0 saturated heterocycles. The summed E-state index contributed by atoms with van der Waals surface area (Å²) in [4.78, 5) is 4.55. The maximum atomic E-state index is 4.55. The van der Waals surface area contributed by atoms with Gasteiger partial charge in [0.05, 0.1) is 0 Å². The SMILES string of the molecule is CCCNC(Cc1nccn1CC)C1CCCCC1. The Kier molecular flexibility index (Phi) is 5.90. The molecule has 108 valence electrons. The molecule has 1 fully saturated rings. The number of aromatic nitrogens is 2. The highest BCUT2D eigenvalue weighted by atomic mass is 15.1. The standard InChI is InChI=1S/C16H29N3/c1-3-10-17-15(14-8-6-5-7-9-14)13-16-18-11-12-19(16)4-2/h11-12,14-15,17H,3-10,13H2,1-2H3. The average Bonchev–Trinajstić information content (AvgIpc) is 2.91. The summed E-state index contributed by atoms with van der Waals surface area (Å²) in [6.07, 6.45) is 13.4. The first kappa shape index (κ1) is 14.6. The molecule has 0 spiro atoms. The molecule has 3 nitrogen and oxygen atoms in total. The summed E-state index contributed by atoms with van der Waals surface area (Å²) in [6.45, 7) is 6.60. The molecular weight excluding hydrogens is 234 g/mol. The molecule has 1 aliphatic carbocycles. The Balaban J connectivity index is 1.99. The van der Waals surface area contributed by atoms with Crippen LogP contribution < -0.4 is 5.32 Å². The van der Waals surface area contributed by atoms with Crippen LogP contribution in [0.3, 0.4) is 0 Å². The lowest BCUT2D eigenvalue weighted by Crippen LogP contribution is -2.40. The number of hydrogen-bond acceptors (Lipinski definition) is 2.